The van der Waals surface area contributed by atoms with Crippen molar-refractivity contribution in [2.24, 2.45) is 5.92 Å². The third kappa shape index (κ3) is 3.59. The molecule has 0 aliphatic heterocycles. The van der Waals surface area contributed by atoms with E-state index in [1.165, 1.54) is 11.1 Å². The average Bonchev–Trinajstić information content (AvgIpc) is 2.80. The summed E-state index contributed by atoms with van der Waals surface area (Å²) in [5.74, 6) is 0.864. The fourth-order valence-corrected chi connectivity index (χ4v) is 3.07. The highest BCUT2D eigenvalue weighted by Crippen LogP contribution is 2.29. The number of carbonyl (C=O) groups excluding carboxylic acids is 1. The zero-order chi connectivity index (χ0) is 13.7. The van der Waals surface area contributed by atoms with Gasteiger partial charge in [0.2, 0.25) is 5.91 Å². The Morgan fingerprint density at radius 1 is 1.11 bits per heavy atom. The lowest BCUT2D eigenvalue weighted by atomic mass is 10.0. The molecule has 1 aliphatic rings. The molecule has 0 saturated heterocycles. The van der Waals surface area contributed by atoms with Gasteiger partial charge in [-0.05, 0) is 42.7 Å². The molecule has 1 aromatic carbocycles. The number of fused-ring (bicyclic) bond motifs is 1. The molecule has 2 heteroatoms. The third-order valence-electron chi connectivity index (χ3n) is 3.94. The van der Waals surface area contributed by atoms with Crippen LogP contribution in [-0.4, -0.2) is 23.9 Å². The number of carbonyl (C=O) groups is 1. The third-order valence-corrected chi connectivity index (χ3v) is 3.94. The summed E-state index contributed by atoms with van der Waals surface area (Å²) in [6, 6.07) is 8.61. The minimum atomic E-state index is 0.349. The van der Waals surface area contributed by atoms with E-state index in [4.69, 9.17) is 0 Å². The van der Waals surface area contributed by atoms with Crippen LogP contribution in [0.5, 0.6) is 0 Å². The van der Waals surface area contributed by atoms with Gasteiger partial charge < -0.3 is 4.90 Å². The largest absolute Gasteiger partial charge is 0.343 e. The zero-order valence-electron chi connectivity index (χ0n) is 12.2. The van der Waals surface area contributed by atoms with Gasteiger partial charge in [-0.15, -0.1) is 0 Å². The minimum absolute atomic E-state index is 0.349. The number of benzene rings is 1. The van der Waals surface area contributed by atoms with E-state index in [9.17, 15) is 4.79 Å². The van der Waals surface area contributed by atoms with Crippen LogP contribution >= 0.6 is 0 Å². The van der Waals surface area contributed by atoms with Crippen molar-refractivity contribution in [1.82, 2.24) is 4.90 Å². The van der Waals surface area contributed by atoms with Gasteiger partial charge in [-0.1, -0.05) is 38.1 Å². The first kappa shape index (κ1) is 14.1. The fourth-order valence-electron chi connectivity index (χ4n) is 3.07. The second kappa shape index (κ2) is 6.74. The van der Waals surface area contributed by atoms with Gasteiger partial charge in [0.15, 0.2) is 0 Å². The van der Waals surface area contributed by atoms with E-state index in [1.807, 2.05) is 4.90 Å². The molecule has 0 spiro atoms. The molecule has 0 aromatic heterocycles. The quantitative estimate of drug-likeness (QED) is 0.766. The van der Waals surface area contributed by atoms with Crippen molar-refractivity contribution < 1.29 is 4.79 Å². The molecule has 19 heavy (non-hydrogen) atoms. The van der Waals surface area contributed by atoms with Gasteiger partial charge >= 0.3 is 0 Å². The standard InChI is InChI=1S/C17H25NO/c1-3-9-18(10-4-2)17(19)13-14-11-15-7-5-6-8-16(15)12-14/h5-8,14H,3-4,9-13H2,1-2H3. The van der Waals surface area contributed by atoms with Crippen molar-refractivity contribution >= 4 is 5.91 Å². The zero-order valence-corrected chi connectivity index (χ0v) is 12.2. The molecule has 2 nitrogen and oxygen atoms in total. The van der Waals surface area contributed by atoms with Crippen molar-refractivity contribution in [2.75, 3.05) is 13.1 Å². The number of hydrogen-bond acceptors (Lipinski definition) is 1. The normalized spacial score (nSPS) is 14.4. The second-order valence-corrected chi connectivity index (χ2v) is 5.63. The molecule has 104 valence electrons. The van der Waals surface area contributed by atoms with Crippen LogP contribution < -0.4 is 0 Å². The Labute approximate surface area is 116 Å². The summed E-state index contributed by atoms with van der Waals surface area (Å²) in [7, 11) is 0. The molecule has 1 aliphatic carbocycles. The van der Waals surface area contributed by atoms with Gasteiger partial charge in [-0.2, -0.15) is 0 Å². The molecule has 2 rings (SSSR count). The Morgan fingerprint density at radius 2 is 1.63 bits per heavy atom. The summed E-state index contributed by atoms with van der Waals surface area (Å²) in [6.07, 6.45) is 4.98. The maximum absolute atomic E-state index is 12.4. The predicted octanol–water partition coefficient (Wildman–Crippen LogP) is 3.44. The smallest absolute Gasteiger partial charge is 0.222 e. The van der Waals surface area contributed by atoms with Crippen LogP contribution in [0.2, 0.25) is 0 Å². The SMILES string of the molecule is CCCN(CCC)C(=O)CC1Cc2ccccc2C1. The Kier molecular flexibility index (Phi) is 5.00. The van der Waals surface area contributed by atoms with Gasteiger partial charge in [-0.3, -0.25) is 4.79 Å². The predicted molar refractivity (Wildman–Crippen MR) is 79.1 cm³/mol. The summed E-state index contributed by atoms with van der Waals surface area (Å²) in [5.41, 5.74) is 2.88. The first-order chi connectivity index (χ1) is 9.24. The van der Waals surface area contributed by atoms with Gasteiger partial charge in [0.05, 0.1) is 0 Å². The molecule has 0 atom stereocenters. The first-order valence-electron chi connectivity index (χ1n) is 7.59. The van der Waals surface area contributed by atoms with Crippen molar-refractivity contribution in [1.29, 1.82) is 0 Å². The van der Waals surface area contributed by atoms with Crippen molar-refractivity contribution in [3.8, 4) is 0 Å². The van der Waals surface area contributed by atoms with Gasteiger partial charge in [0.1, 0.15) is 0 Å². The average molecular weight is 259 g/mol. The topological polar surface area (TPSA) is 20.3 Å². The summed E-state index contributed by atoms with van der Waals surface area (Å²) in [5, 5.41) is 0. The monoisotopic (exact) mass is 259 g/mol. The maximum Gasteiger partial charge on any atom is 0.222 e. The number of amides is 1. The summed E-state index contributed by atoms with van der Waals surface area (Å²) < 4.78 is 0. The highest BCUT2D eigenvalue weighted by atomic mass is 16.2. The molecule has 0 unspecified atom stereocenters. The molecule has 0 bridgehead atoms. The molecule has 0 heterocycles. The van der Waals surface area contributed by atoms with Crippen LogP contribution in [0, 0.1) is 5.92 Å². The van der Waals surface area contributed by atoms with Gasteiger partial charge in [-0.25, -0.2) is 0 Å². The number of hydrogen-bond donors (Lipinski definition) is 0. The Bertz CT molecular complexity index is 396. The van der Waals surface area contributed by atoms with E-state index in [2.05, 4.69) is 38.1 Å². The first-order valence-corrected chi connectivity index (χ1v) is 7.59. The number of rotatable bonds is 6. The molecule has 0 N–H and O–H groups in total. The van der Waals surface area contributed by atoms with Crippen molar-refractivity contribution in [3.63, 3.8) is 0 Å². The Morgan fingerprint density at radius 3 is 2.11 bits per heavy atom. The highest BCUT2D eigenvalue weighted by Gasteiger charge is 2.24. The van der Waals surface area contributed by atoms with E-state index < -0.39 is 0 Å². The van der Waals surface area contributed by atoms with Crippen molar-refractivity contribution in [3.05, 3.63) is 35.4 Å². The molecule has 1 aromatic rings. The van der Waals surface area contributed by atoms with E-state index >= 15 is 0 Å². The van der Waals surface area contributed by atoms with Crippen LogP contribution in [-0.2, 0) is 17.6 Å². The van der Waals surface area contributed by atoms with Crippen LogP contribution in [0.25, 0.3) is 0 Å². The lowest BCUT2D eigenvalue weighted by molar-refractivity contribution is -0.132. The molecular weight excluding hydrogens is 234 g/mol. The highest BCUT2D eigenvalue weighted by molar-refractivity contribution is 5.76. The van der Waals surface area contributed by atoms with E-state index in [0.29, 0.717) is 18.2 Å². The van der Waals surface area contributed by atoms with E-state index in [0.717, 1.165) is 38.8 Å². The lowest BCUT2D eigenvalue weighted by Gasteiger charge is -2.23. The van der Waals surface area contributed by atoms with Crippen LogP contribution in [0.3, 0.4) is 0 Å². The second-order valence-electron chi connectivity index (χ2n) is 5.63. The molecular formula is C17H25NO. The van der Waals surface area contributed by atoms with Crippen LogP contribution in [0.15, 0.2) is 24.3 Å². The minimum Gasteiger partial charge on any atom is -0.343 e. The summed E-state index contributed by atoms with van der Waals surface area (Å²) in [6.45, 7) is 6.10. The molecule has 0 saturated carbocycles. The Hall–Kier alpha value is -1.31. The fraction of sp³-hybridized carbons (Fsp3) is 0.588. The van der Waals surface area contributed by atoms with Gasteiger partial charge in [0, 0.05) is 19.5 Å². The molecule has 0 fully saturated rings. The lowest BCUT2D eigenvalue weighted by Crippen LogP contribution is -2.33. The molecule has 1 amide bonds. The summed E-state index contributed by atoms with van der Waals surface area (Å²) in [4.78, 5) is 14.4. The number of nitrogens with zero attached hydrogens (tertiary/aromatic N) is 1. The van der Waals surface area contributed by atoms with E-state index in [1.54, 1.807) is 0 Å². The van der Waals surface area contributed by atoms with Crippen molar-refractivity contribution in [2.45, 2.75) is 46.0 Å². The molecule has 0 radical (unpaired) electrons. The Balaban J connectivity index is 1.90. The maximum atomic E-state index is 12.4. The van der Waals surface area contributed by atoms with Gasteiger partial charge in [0.25, 0.3) is 0 Å². The van der Waals surface area contributed by atoms with E-state index in [-0.39, 0.29) is 0 Å². The van der Waals surface area contributed by atoms with Crippen LogP contribution in [0.4, 0.5) is 0 Å². The van der Waals surface area contributed by atoms with Crippen LogP contribution in [0.1, 0.15) is 44.2 Å². The summed E-state index contributed by atoms with van der Waals surface area (Å²) >= 11 is 0.